The highest BCUT2D eigenvalue weighted by Gasteiger charge is 2.08. The van der Waals surface area contributed by atoms with E-state index in [1.54, 1.807) is 0 Å². The topological polar surface area (TPSA) is 21.3 Å². The lowest BCUT2D eigenvalue weighted by atomic mass is 10.1. The maximum atomic E-state index is 5.79. The molecule has 2 rings (SSSR count). The average molecular weight is 320 g/mol. The summed E-state index contributed by atoms with van der Waals surface area (Å²) in [4.78, 5) is 0. The number of benzene rings is 2. The van der Waals surface area contributed by atoms with Crippen molar-refractivity contribution in [2.75, 3.05) is 13.7 Å². The van der Waals surface area contributed by atoms with Crippen LogP contribution in [0.15, 0.2) is 59.1 Å². The minimum atomic E-state index is 0.300. The minimum Gasteiger partial charge on any atom is -0.492 e. The Hall–Kier alpha value is -1.32. The lowest BCUT2D eigenvalue weighted by Crippen LogP contribution is -2.33. The summed E-state index contributed by atoms with van der Waals surface area (Å²) in [5.74, 6) is 0.914. The summed E-state index contributed by atoms with van der Waals surface area (Å²) < 4.78 is 6.90. The van der Waals surface area contributed by atoms with Crippen LogP contribution in [0.4, 0.5) is 0 Å². The van der Waals surface area contributed by atoms with Gasteiger partial charge in [-0.2, -0.15) is 0 Å². The number of para-hydroxylation sites is 1. The van der Waals surface area contributed by atoms with Gasteiger partial charge in [0.1, 0.15) is 12.4 Å². The van der Waals surface area contributed by atoms with Crippen LogP contribution in [-0.4, -0.2) is 19.7 Å². The van der Waals surface area contributed by atoms with Gasteiger partial charge in [0.25, 0.3) is 0 Å². The van der Waals surface area contributed by atoms with Gasteiger partial charge in [-0.15, -0.1) is 0 Å². The van der Waals surface area contributed by atoms with E-state index in [2.05, 4.69) is 39.4 Å². The monoisotopic (exact) mass is 319 g/mol. The molecule has 2 nitrogen and oxygen atoms in total. The average Bonchev–Trinajstić information content (AvgIpc) is 2.44. The van der Waals surface area contributed by atoms with E-state index in [1.165, 1.54) is 5.56 Å². The zero-order chi connectivity index (χ0) is 13.5. The molecule has 19 heavy (non-hydrogen) atoms. The van der Waals surface area contributed by atoms with Gasteiger partial charge in [-0.1, -0.05) is 46.3 Å². The van der Waals surface area contributed by atoms with Crippen molar-refractivity contribution in [1.82, 2.24) is 5.32 Å². The van der Waals surface area contributed by atoms with Gasteiger partial charge in [-0.3, -0.25) is 0 Å². The molecule has 0 aliphatic heterocycles. The van der Waals surface area contributed by atoms with E-state index < -0.39 is 0 Å². The molecule has 2 aromatic carbocycles. The van der Waals surface area contributed by atoms with Crippen LogP contribution in [0.3, 0.4) is 0 Å². The summed E-state index contributed by atoms with van der Waals surface area (Å²) in [5.41, 5.74) is 1.30. The summed E-state index contributed by atoms with van der Waals surface area (Å²) in [6, 6.07) is 18.6. The van der Waals surface area contributed by atoms with E-state index in [4.69, 9.17) is 4.74 Å². The van der Waals surface area contributed by atoms with Crippen molar-refractivity contribution in [2.45, 2.75) is 12.5 Å². The van der Waals surface area contributed by atoms with Gasteiger partial charge in [0.15, 0.2) is 0 Å². The molecule has 1 unspecified atom stereocenters. The van der Waals surface area contributed by atoms with Gasteiger partial charge in [-0.25, -0.2) is 0 Å². The molecule has 0 aliphatic rings. The number of nitrogens with one attached hydrogen (secondary N) is 1. The third-order valence-electron chi connectivity index (χ3n) is 2.97. The second-order valence-electron chi connectivity index (χ2n) is 4.44. The van der Waals surface area contributed by atoms with E-state index in [-0.39, 0.29) is 0 Å². The smallest absolute Gasteiger partial charge is 0.119 e. The predicted molar refractivity (Wildman–Crippen MR) is 82.6 cm³/mol. The van der Waals surface area contributed by atoms with Gasteiger partial charge in [-0.05, 0) is 43.3 Å². The molecule has 3 heteroatoms. The Morgan fingerprint density at radius 3 is 2.58 bits per heavy atom. The van der Waals surface area contributed by atoms with Crippen molar-refractivity contribution in [2.24, 2.45) is 0 Å². The van der Waals surface area contributed by atoms with Gasteiger partial charge in [0.05, 0.1) is 0 Å². The summed E-state index contributed by atoms with van der Waals surface area (Å²) in [5, 5.41) is 3.30. The normalized spacial score (nSPS) is 12.1. The molecule has 0 fully saturated rings. The molecule has 0 bridgehead atoms. The molecule has 0 saturated carbocycles. The van der Waals surface area contributed by atoms with Crippen molar-refractivity contribution in [3.63, 3.8) is 0 Å². The first-order chi connectivity index (χ1) is 9.28. The first-order valence-corrected chi connectivity index (χ1v) is 7.17. The molecule has 0 radical (unpaired) electrons. The molecule has 0 amide bonds. The molecule has 100 valence electrons. The van der Waals surface area contributed by atoms with Crippen molar-refractivity contribution in [1.29, 1.82) is 0 Å². The maximum Gasteiger partial charge on any atom is 0.119 e. The Bertz CT molecular complexity index is 501. The summed E-state index contributed by atoms with van der Waals surface area (Å²) in [6.45, 7) is 0.660. The highest BCUT2D eigenvalue weighted by atomic mass is 79.9. The molecule has 0 aromatic heterocycles. The quantitative estimate of drug-likeness (QED) is 0.877. The lowest BCUT2D eigenvalue weighted by Gasteiger charge is -2.17. The SMILES string of the molecule is CNC(COc1ccccc1)Cc1cccc(Br)c1. The van der Waals surface area contributed by atoms with E-state index in [0.29, 0.717) is 12.6 Å². The van der Waals surface area contributed by atoms with Crippen molar-refractivity contribution >= 4 is 15.9 Å². The van der Waals surface area contributed by atoms with Crippen LogP contribution in [0, 0.1) is 0 Å². The van der Waals surface area contributed by atoms with Crippen LogP contribution in [0.2, 0.25) is 0 Å². The lowest BCUT2D eigenvalue weighted by molar-refractivity contribution is 0.270. The van der Waals surface area contributed by atoms with E-state index in [1.807, 2.05) is 43.4 Å². The van der Waals surface area contributed by atoms with E-state index >= 15 is 0 Å². The van der Waals surface area contributed by atoms with Gasteiger partial charge < -0.3 is 10.1 Å². The fourth-order valence-electron chi connectivity index (χ4n) is 1.91. The molecule has 0 aliphatic carbocycles. The Balaban J connectivity index is 1.90. The second-order valence-corrected chi connectivity index (χ2v) is 5.36. The Labute approximate surface area is 122 Å². The summed E-state index contributed by atoms with van der Waals surface area (Å²) in [7, 11) is 1.97. The highest BCUT2D eigenvalue weighted by molar-refractivity contribution is 9.10. The summed E-state index contributed by atoms with van der Waals surface area (Å²) >= 11 is 3.50. The third-order valence-corrected chi connectivity index (χ3v) is 3.47. The van der Waals surface area contributed by atoms with Gasteiger partial charge >= 0.3 is 0 Å². The number of halogens is 1. The molecule has 0 spiro atoms. The molecular weight excluding hydrogens is 302 g/mol. The van der Waals surface area contributed by atoms with Crippen molar-refractivity contribution < 1.29 is 4.74 Å². The van der Waals surface area contributed by atoms with Crippen molar-refractivity contribution in [3.8, 4) is 5.75 Å². The molecule has 0 saturated heterocycles. The first-order valence-electron chi connectivity index (χ1n) is 6.37. The number of ether oxygens (including phenoxy) is 1. The third kappa shape index (κ3) is 4.69. The standard InChI is InChI=1S/C16H18BrNO/c1-18-15(11-13-6-5-7-14(17)10-13)12-19-16-8-3-2-4-9-16/h2-10,15,18H,11-12H2,1H3. The zero-order valence-electron chi connectivity index (χ0n) is 11.0. The van der Waals surface area contributed by atoms with Crippen LogP contribution < -0.4 is 10.1 Å². The molecule has 1 N–H and O–H groups in total. The van der Waals surface area contributed by atoms with Crippen LogP contribution in [0.1, 0.15) is 5.56 Å². The molecule has 1 atom stereocenters. The van der Waals surface area contributed by atoms with E-state index in [0.717, 1.165) is 16.6 Å². The minimum absolute atomic E-state index is 0.300. The number of hydrogen-bond acceptors (Lipinski definition) is 2. The fourth-order valence-corrected chi connectivity index (χ4v) is 2.35. The largest absolute Gasteiger partial charge is 0.492 e. The Morgan fingerprint density at radius 2 is 1.89 bits per heavy atom. The maximum absolute atomic E-state index is 5.79. The van der Waals surface area contributed by atoms with Crippen LogP contribution >= 0.6 is 15.9 Å². The van der Waals surface area contributed by atoms with E-state index in [9.17, 15) is 0 Å². The molecular formula is C16H18BrNO. The zero-order valence-corrected chi connectivity index (χ0v) is 12.6. The van der Waals surface area contributed by atoms with Crippen LogP contribution in [0.5, 0.6) is 5.75 Å². The Morgan fingerprint density at radius 1 is 1.11 bits per heavy atom. The Kier molecular flexibility index (Phi) is 5.43. The number of rotatable bonds is 6. The highest BCUT2D eigenvalue weighted by Crippen LogP contribution is 2.14. The first kappa shape index (κ1) is 14.1. The molecule has 2 aromatic rings. The number of hydrogen-bond donors (Lipinski definition) is 1. The number of likely N-dealkylation sites (N-methyl/N-ethyl adjacent to an activating group) is 1. The van der Waals surface area contributed by atoms with Crippen LogP contribution in [-0.2, 0) is 6.42 Å². The van der Waals surface area contributed by atoms with Gasteiger partial charge in [0.2, 0.25) is 0 Å². The second kappa shape index (κ2) is 7.31. The van der Waals surface area contributed by atoms with Gasteiger partial charge in [0, 0.05) is 10.5 Å². The fraction of sp³-hybridized carbons (Fsp3) is 0.250. The predicted octanol–water partition coefficient (Wildman–Crippen LogP) is 3.66. The summed E-state index contributed by atoms with van der Waals surface area (Å²) in [6.07, 6.45) is 0.947. The molecule has 0 heterocycles. The van der Waals surface area contributed by atoms with Crippen LogP contribution in [0.25, 0.3) is 0 Å². The van der Waals surface area contributed by atoms with Crippen molar-refractivity contribution in [3.05, 3.63) is 64.6 Å².